The van der Waals surface area contributed by atoms with E-state index in [9.17, 15) is 14.9 Å². The van der Waals surface area contributed by atoms with E-state index in [-0.39, 0.29) is 24.5 Å². The molecular weight excluding hydrogens is 356 g/mol. The molecule has 0 spiro atoms. The van der Waals surface area contributed by atoms with Gasteiger partial charge < -0.3 is 14.8 Å². The molecule has 0 unspecified atom stereocenters. The van der Waals surface area contributed by atoms with Crippen LogP contribution in [0.3, 0.4) is 0 Å². The molecule has 0 fully saturated rings. The molecule has 0 saturated heterocycles. The normalized spacial score (nSPS) is 11.2. The van der Waals surface area contributed by atoms with Crippen molar-refractivity contribution in [3.8, 4) is 17.6 Å². The van der Waals surface area contributed by atoms with Gasteiger partial charge in [0.2, 0.25) is 5.91 Å². The van der Waals surface area contributed by atoms with Gasteiger partial charge in [-0.3, -0.25) is 9.59 Å². The topological polar surface area (TPSA) is 88.4 Å². The van der Waals surface area contributed by atoms with E-state index in [0.717, 1.165) is 11.1 Å². The lowest BCUT2D eigenvalue weighted by atomic mass is 9.90. The summed E-state index contributed by atoms with van der Waals surface area (Å²) in [6.07, 6.45) is 0.689. The molecule has 6 nitrogen and oxygen atoms in total. The number of ether oxygens (including phenoxy) is 2. The fourth-order valence-corrected chi connectivity index (χ4v) is 2.92. The zero-order chi connectivity index (χ0) is 20.5. The van der Waals surface area contributed by atoms with E-state index < -0.39 is 5.92 Å². The van der Waals surface area contributed by atoms with Crippen molar-refractivity contribution in [2.45, 2.75) is 32.1 Å². The van der Waals surface area contributed by atoms with Crippen molar-refractivity contribution >= 4 is 17.4 Å². The number of benzene rings is 2. The van der Waals surface area contributed by atoms with Gasteiger partial charge in [0.25, 0.3) is 0 Å². The van der Waals surface area contributed by atoms with Crippen LogP contribution in [0, 0.1) is 18.3 Å². The van der Waals surface area contributed by atoms with Gasteiger partial charge in [-0.1, -0.05) is 24.3 Å². The first-order valence-electron chi connectivity index (χ1n) is 9.00. The summed E-state index contributed by atoms with van der Waals surface area (Å²) in [6.45, 7) is 1.88. The number of aryl methyl sites for hydroxylation is 1. The fourth-order valence-electron chi connectivity index (χ4n) is 2.92. The Morgan fingerprint density at radius 1 is 1.11 bits per heavy atom. The van der Waals surface area contributed by atoms with Crippen molar-refractivity contribution in [1.29, 1.82) is 5.26 Å². The molecule has 0 heterocycles. The lowest BCUT2D eigenvalue weighted by molar-refractivity contribution is -0.119. The smallest absolute Gasteiger partial charge is 0.224 e. The quantitative estimate of drug-likeness (QED) is 0.710. The van der Waals surface area contributed by atoms with E-state index in [2.05, 4.69) is 11.4 Å². The molecule has 0 bridgehead atoms. The molecule has 6 heteroatoms. The monoisotopic (exact) mass is 380 g/mol. The zero-order valence-electron chi connectivity index (χ0n) is 16.3. The molecule has 1 atom stereocenters. The van der Waals surface area contributed by atoms with Gasteiger partial charge in [-0.05, 0) is 36.6 Å². The first-order chi connectivity index (χ1) is 13.5. The van der Waals surface area contributed by atoms with Crippen LogP contribution in [0.1, 0.15) is 36.3 Å². The van der Waals surface area contributed by atoms with Crippen LogP contribution in [0.4, 0.5) is 5.69 Å². The van der Waals surface area contributed by atoms with E-state index in [1.54, 1.807) is 31.4 Å². The van der Waals surface area contributed by atoms with Crippen LogP contribution in [0.2, 0.25) is 0 Å². The molecule has 0 saturated carbocycles. The number of carbonyl (C=O) groups excluding carboxylic acids is 2. The van der Waals surface area contributed by atoms with Crippen LogP contribution in [0.25, 0.3) is 0 Å². The maximum absolute atomic E-state index is 12.5. The zero-order valence-corrected chi connectivity index (χ0v) is 16.3. The maximum atomic E-state index is 12.5. The highest BCUT2D eigenvalue weighted by molar-refractivity contribution is 5.93. The first kappa shape index (κ1) is 21.0. The van der Waals surface area contributed by atoms with Crippen LogP contribution in [-0.4, -0.2) is 25.9 Å². The summed E-state index contributed by atoms with van der Waals surface area (Å²) in [7, 11) is 3.06. The minimum atomic E-state index is -0.803. The Morgan fingerprint density at radius 3 is 2.50 bits per heavy atom. The Labute approximate surface area is 165 Å². The Kier molecular flexibility index (Phi) is 7.58. The van der Waals surface area contributed by atoms with Crippen LogP contribution in [-0.2, 0) is 9.59 Å². The third kappa shape index (κ3) is 5.34. The average Bonchev–Trinajstić information content (AvgIpc) is 2.69. The lowest BCUT2D eigenvalue weighted by Crippen LogP contribution is -2.15. The van der Waals surface area contributed by atoms with Crippen molar-refractivity contribution in [2.75, 3.05) is 19.5 Å². The Hall–Kier alpha value is -3.33. The molecule has 146 valence electrons. The molecule has 0 aliphatic rings. The molecule has 1 N–H and O–H groups in total. The number of nitriles is 1. The Morgan fingerprint density at radius 2 is 1.86 bits per heavy atom. The number of methoxy groups -OCH3 is 2. The lowest BCUT2D eigenvalue weighted by Gasteiger charge is -2.13. The predicted octanol–water partition coefficient (Wildman–Crippen LogP) is 4.00. The molecule has 0 aliphatic carbocycles. The molecule has 2 aromatic carbocycles. The van der Waals surface area contributed by atoms with Gasteiger partial charge in [-0.2, -0.15) is 5.26 Å². The van der Waals surface area contributed by atoms with Gasteiger partial charge in [0.1, 0.15) is 17.4 Å². The number of hydrogen-bond acceptors (Lipinski definition) is 5. The summed E-state index contributed by atoms with van der Waals surface area (Å²) in [5.74, 6) is -0.0919. The van der Waals surface area contributed by atoms with Gasteiger partial charge in [0.05, 0.1) is 26.0 Å². The summed E-state index contributed by atoms with van der Waals surface area (Å²) in [5, 5.41) is 12.2. The van der Waals surface area contributed by atoms with E-state index in [4.69, 9.17) is 9.47 Å². The van der Waals surface area contributed by atoms with E-state index in [1.165, 1.54) is 7.11 Å². The maximum Gasteiger partial charge on any atom is 0.224 e. The van der Waals surface area contributed by atoms with Gasteiger partial charge in [-0.25, -0.2) is 0 Å². The Bertz CT molecular complexity index is 886. The van der Waals surface area contributed by atoms with Gasteiger partial charge in [0.15, 0.2) is 5.78 Å². The summed E-state index contributed by atoms with van der Waals surface area (Å²) >= 11 is 0. The summed E-state index contributed by atoms with van der Waals surface area (Å²) in [6, 6.07) is 14.6. The van der Waals surface area contributed by atoms with E-state index >= 15 is 0 Å². The van der Waals surface area contributed by atoms with Gasteiger partial charge in [0, 0.05) is 18.9 Å². The largest absolute Gasteiger partial charge is 0.497 e. The summed E-state index contributed by atoms with van der Waals surface area (Å²) in [4.78, 5) is 24.7. The van der Waals surface area contributed by atoms with Crippen molar-refractivity contribution in [1.82, 2.24) is 0 Å². The summed E-state index contributed by atoms with van der Waals surface area (Å²) in [5.41, 5.74) is 2.14. The number of nitrogens with zero attached hydrogens (tertiary/aromatic N) is 1. The van der Waals surface area contributed by atoms with Gasteiger partial charge in [-0.15, -0.1) is 0 Å². The highest BCUT2D eigenvalue weighted by Crippen LogP contribution is 2.29. The number of ketones is 1. The molecule has 0 aliphatic heterocycles. The third-order valence-corrected chi connectivity index (χ3v) is 4.46. The van der Waals surface area contributed by atoms with Crippen molar-refractivity contribution < 1.29 is 19.1 Å². The third-order valence-electron chi connectivity index (χ3n) is 4.46. The Balaban J connectivity index is 1.92. The average molecular weight is 380 g/mol. The number of amides is 1. The molecule has 2 aromatic rings. The fraction of sp³-hybridized carbons (Fsp3) is 0.318. The number of anilines is 1. The molecule has 1 amide bonds. The number of Topliss-reactive ketones (excluding diaryl/α,β-unsaturated/α-hetero) is 1. The van der Waals surface area contributed by atoms with Gasteiger partial charge >= 0.3 is 0 Å². The minimum Gasteiger partial charge on any atom is -0.497 e. The molecule has 28 heavy (non-hydrogen) atoms. The second-order valence-corrected chi connectivity index (χ2v) is 6.35. The number of nitrogens with one attached hydrogen (secondary N) is 1. The minimum absolute atomic E-state index is 0.162. The highest BCUT2D eigenvalue weighted by atomic mass is 16.5. The van der Waals surface area contributed by atoms with Crippen LogP contribution < -0.4 is 14.8 Å². The van der Waals surface area contributed by atoms with Crippen LogP contribution in [0.5, 0.6) is 11.5 Å². The molecule has 0 aromatic heterocycles. The van der Waals surface area contributed by atoms with Crippen molar-refractivity contribution in [3.05, 3.63) is 53.6 Å². The molecule has 0 radical (unpaired) electrons. The number of rotatable bonds is 9. The van der Waals surface area contributed by atoms with Crippen molar-refractivity contribution in [3.63, 3.8) is 0 Å². The van der Waals surface area contributed by atoms with Crippen molar-refractivity contribution in [2.24, 2.45) is 0 Å². The van der Waals surface area contributed by atoms with Crippen LogP contribution in [0.15, 0.2) is 42.5 Å². The molecule has 2 rings (SSSR count). The SMILES string of the molecule is COc1ccc(OC)c(NC(=O)CCCC(=O)[C@@H](C#N)c2ccccc2C)c1. The summed E-state index contributed by atoms with van der Waals surface area (Å²) < 4.78 is 10.4. The van der Waals surface area contributed by atoms with Crippen LogP contribution >= 0.6 is 0 Å². The number of carbonyl (C=O) groups is 2. The van der Waals surface area contributed by atoms with E-state index in [0.29, 0.717) is 23.6 Å². The first-order valence-corrected chi connectivity index (χ1v) is 9.00. The molecular formula is C22H24N2O4. The second-order valence-electron chi connectivity index (χ2n) is 6.35. The number of hydrogen-bond donors (Lipinski definition) is 1. The highest BCUT2D eigenvalue weighted by Gasteiger charge is 2.21. The second kappa shape index (κ2) is 10.1. The standard InChI is InChI=1S/C22H24N2O4/c1-15-7-4-5-8-17(15)18(14-23)20(25)9-6-10-22(26)24-19-13-16(27-2)11-12-21(19)28-3/h4-5,7-8,11-13,18H,6,9-10H2,1-3H3,(H,24,26)/t18-/m0/s1. The predicted molar refractivity (Wildman–Crippen MR) is 107 cm³/mol. The van der Waals surface area contributed by atoms with E-state index in [1.807, 2.05) is 25.1 Å².